The van der Waals surface area contributed by atoms with E-state index in [0.717, 1.165) is 45.5 Å². The molecule has 4 aromatic rings. The Bertz CT molecular complexity index is 1220. The van der Waals surface area contributed by atoms with E-state index >= 15 is 0 Å². The molecule has 5 nitrogen and oxygen atoms in total. The van der Waals surface area contributed by atoms with Gasteiger partial charge in [-0.15, -0.1) is 0 Å². The van der Waals surface area contributed by atoms with Gasteiger partial charge in [0, 0.05) is 28.4 Å². The van der Waals surface area contributed by atoms with E-state index < -0.39 is 0 Å². The molecule has 2 heterocycles. The van der Waals surface area contributed by atoms with Crippen LogP contribution in [-0.4, -0.2) is 9.97 Å². The molecule has 5 heteroatoms. The lowest BCUT2D eigenvalue weighted by molar-refractivity contribution is 0.618. The molecule has 1 N–H and O–H groups in total. The number of hydrogen-bond donors (Lipinski definition) is 1. The Morgan fingerprint density at radius 1 is 0.897 bits per heavy atom. The van der Waals surface area contributed by atoms with Crippen LogP contribution in [0.25, 0.3) is 22.3 Å². The molecule has 0 atom stereocenters. The highest BCUT2D eigenvalue weighted by Gasteiger charge is 2.07. The maximum absolute atomic E-state index is 6.20. The molecule has 4 rings (SSSR count). The molecule has 0 unspecified atom stereocenters. The lowest BCUT2D eigenvalue weighted by Crippen LogP contribution is -2.09. The fraction of sp³-hybridized carbons (Fsp3) is 0.208. The van der Waals surface area contributed by atoms with Crippen molar-refractivity contribution < 1.29 is 4.42 Å². The monoisotopic (exact) mass is 384 g/mol. The Labute approximate surface area is 170 Å². The summed E-state index contributed by atoms with van der Waals surface area (Å²) in [5, 5.41) is 6.38. The highest BCUT2D eigenvalue weighted by Crippen LogP contribution is 2.23. The van der Waals surface area contributed by atoms with Gasteiger partial charge in [-0.2, -0.15) is 5.10 Å². The Balaban J connectivity index is 1.87. The van der Waals surface area contributed by atoms with Gasteiger partial charge in [-0.25, -0.2) is 15.4 Å². The quantitative estimate of drug-likeness (QED) is 0.485. The lowest BCUT2D eigenvalue weighted by atomic mass is 10.1. The minimum atomic E-state index is 0.486. The van der Waals surface area contributed by atoms with Crippen LogP contribution in [0.1, 0.15) is 29.4 Å². The van der Waals surface area contributed by atoms with Crippen LogP contribution >= 0.6 is 0 Å². The van der Waals surface area contributed by atoms with Gasteiger partial charge in [0.2, 0.25) is 5.95 Å². The molecule has 2 aromatic carbocycles. The zero-order chi connectivity index (χ0) is 20.4. The molecule has 0 aliphatic heterocycles. The summed E-state index contributed by atoms with van der Waals surface area (Å²) >= 11 is 0. The first-order valence-corrected chi connectivity index (χ1v) is 9.77. The summed E-state index contributed by atoms with van der Waals surface area (Å²) in [5.74, 6) is 1.25. The lowest BCUT2D eigenvalue weighted by Gasteiger charge is -2.07. The number of aromatic nitrogens is 2. The molecular weight excluding hydrogens is 360 g/mol. The van der Waals surface area contributed by atoms with E-state index in [0.29, 0.717) is 5.95 Å². The Morgan fingerprint density at radius 3 is 2.31 bits per heavy atom. The number of anilines is 1. The van der Waals surface area contributed by atoms with E-state index in [9.17, 15) is 0 Å². The second-order valence-electron chi connectivity index (χ2n) is 7.24. The van der Waals surface area contributed by atoms with Crippen molar-refractivity contribution in [1.82, 2.24) is 9.97 Å². The molecule has 0 amide bonds. The van der Waals surface area contributed by atoms with Crippen molar-refractivity contribution in [2.24, 2.45) is 5.10 Å². The van der Waals surface area contributed by atoms with Gasteiger partial charge >= 0.3 is 0 Å². The normalized spacial score (nSPS) is 11.8. The predicted molar refractivity (Wildman–Crippen MR) is 116 cm³/mol. The van der Waals surface area contributed by atoms with Gasteiger partial charge in [-0.05, 0) is 51.0 Å². The van der Waals surface area contributed by atoms with Crippen molar-refractivity contribution in [1.29, 1.82) is 0 Å². The smallest absolute Gasteiger partial charge is 0.243 e. The summed E-state index contributed by atoms with van der Waals surface area (Å²) in [4.78, 5) is 8.83. The summed E-state index contributed by atoms with van der Waals surface area (Å²) < 4.78 is 6.20. The second kappa shape index (κ2) is 7.87. The number of nitrogens with zero attached hydrogens (tertiary/aromatic N) is 3. The standard InChI is InChI=1S/C24H24N4O/c1-5-18-8-11-22-20(13-18)21(27-28-24-25-16(3)12-17(4)26-24)14-23(29-22)19-9-6-15(2)7-10-19/h6-14H,5H2,1-4H3,(H,25,26,28)/b27-21-. The number of hydrogen-bond acceptors (Lipinski definition) is 5. The molecule has 29 heavy (non-hydrogen) atoms. The Hall–Kier alpha value is -3.47. The van der Waals surface area contributed by atoms with Crippen LogP contribution in [0.2, 0.25) is 0 Å². The van der Waals surface area contributed by atoms with Crippen LogP contribution in [-0.2, 0) is 6.42 Å². The van der Waals surface area contributed by atoms with Gasteiger partial charge in [-0.1, -0.05) is 42.8 Å². The summed E-state index contributed by atoms with van der Waals surface area (Å²) in [6.07, 6.45) is 0.947. The Morgan fingerprint density at radius 2 is 1.62 bits per heavy atom. The number of rotatable bonds is 4. The van der Waals surface area contributed by atoms with Gasteiger partial charge in [0.1, 0.15) is 11.3 Å². The van der Waals surface area contributed by atoms with Crippen molar-refractivity contribution in [2.75, 3.05) is 5.43 Å². The van der Waals surface area contributed by atoms with Crippen LogP contribution in [0.5, 0.6) is 0 Å². The molecular formula is C24H24N4O. The van der Waals surface area contributed by atoms with Gasteiger partial charge in [0.05, 0.1) is 5.36 Å². The number of aryl methyl sites for hydroxylation is 4. The third-order valence-electron chi connectivity index (χ3n) is 4.81. The van der Waals surface area contributed by atoms with E-state index in [1.165, 1.54) is 11.1 Å². The van der Waals surface area contributed by atoms with Crippen LogP contribution in [0.4, 0.5) is 5.95 Å². The average molecular weight is 384 g/mol. The molecule has 0 saturated heterocycles. The molecule has 0 aliphatic carbocycles. The van der Waals surface area contributed by atoms with Crippen molar-refractivity contribution >= 4 is 16.9 Å². The molecule has 0 spiro atoms. The van der Waals surface area contributed by atoms with Crippen molar-refractivity contribution in [2.45, 2.75) is 34.1 Å². The first kappa shape index (κ1) is 18.9. The highest BCUT2D eigenvalue weighted by molar-refractivity contribution is 5.79. The fourth-order valence-corrected chi connectivity index (χ4v) is 3.27. The minimum Gasteiger partial charge on any atom is -0.456 e. The molecule has 0 fully saturated rings. The number of fused-ring (bicyclic) bond motifs is 1. The van der Waals surface area contributed by atoms with E-state index in [4.69, 9.17) is 4.42 Å². The largest absolute Gasteiger partial charge is 0.456 e. The van der Waals surface area contributed by atoms with Crippen LogP contribution in [0, 0.1) is 20.8 Å². The summed E-state index contributed by atoms with van der Waals surface area (Å²) in [6.45, 7) is 8.10. The predicted octanol–water partition coefficient (Wildman–Crippen LogP) is 5.31. The average Bonchev–Trinajstić information content (AvgIpc) is 2.71. The van der Waals surface area contributed by atoms with E-state index in [2.05, 4.69) is 70.7 Å². The fourth-order valence-electron chi connectivity index (χ4n) is 3.27. The summed E-state index contributed by atoms with van der Waals surface area (Å²) in [6, 6.07) is 18.4. The topological polar surface area (TPSA) is 63.3 Å². The maximum atomic E-state index is 6.20. The molecule has 2 aromatic heterocycles. The maximum Gasteiger partial charge on any atom is 0.243 e. The third-order valence-corrected chi connectivity index (χ3v) is 4.81. The Kier molecular flexibility index (Phi) is 5.12. The van der Waals surface area contributed by atoms with Crippen molar-refractivity contribution in [3.8, 4) is 11.3 Å². The van der Waals surface area contributed by atoms with Gasteiger partial charge in [0.15, 0.2) is 0 Å². The summed E-state index contributed by atoms with van der Waals surface area (Å²) in [7, 11) is 0. The first-order valence-electron chi connectivity index (χ1n) is 9.77. The second-order valence-corrected chi connectivity index (χ2v) is 7.24. The van der Waals surface area contributed by atoms with Crippen LogP contribution in [0.3, 0.4) is 0 Å². The summed E-state index contributed by atoms with van der Waals surface area (Å²) in [5.41, 5.74) is 9.06. The van der Waals surface area contributed by atoms with Gasteiger partial charge in [0.25, 0.3) is 0 Å². The third kappa shape index (κ3) is 4.19. The first-order chi connectivity index (χ1) is 14.0. The minimum absolute atomic E-state index is 0.486. The number of benzene rings is 2. The van der Waals surface area contributed by atoms with Gasteiger partial charge < -0.3 is 4.42 Å². The van der Waals surface area contributed by atoms with Gasteiger partial charge in [-0.3, -0.25) is 0 Å². The zero-order valence-corrected chi connectivity index (χ0v) is 17.2. The van der Waals surface area contributed by atoms with Crippen LogP contribution in [0.15, 0.2) is 64.1 Å². The molecule has 146 valence electrons. The molecule has 0 saturated carbocycles. The number of nitrogens with one attached hydrogen (secondary N) is 1. The molecule has 0 radical (unpaired) electrons. The van der Waals surface area contributed by atoms with Crippen molar-refractivity contribution in [3.63, 3.8) is 0 Å². The van der Waals surface area contributed by atoms with Crippen LogP contribution < -0.4 is 10.8 Å². The molecule has 0 aliphatic rings. The van der Waals surface area contributed by atoms with Crippen molar-refractivity contribution in [3.05, 3.63) is 82.5 Å². The SMILES string of the molecule is CCc1ccc2oc(-c3ccc(C)cc3)c/c(=N/Nc3nc(C)cc(C)n3)c2c1. The van der Waals surface area contributed by atoms with E-state index in [-0.39, 0.29) is 0 Å². The van der Waals surface area contributed by atoms with E-state index in [1.807, 2.05) is 32.0 Å². The zero-order valence-electron chi connectivity index (χ0n) is 17.2. The highest BCUT2D eigenvalue weighted by atomic mass is 16.3. The molecule has 0 bridgehead atoms. The van der Waals surface area contributed by atoms with E-state index in [1.54, 1.807) is 0 Å².